The highest BCUT2D eigenvalue weighted by atomic mass is 32.2. The first-order chi connectivity index (χ1) is 17.2. The Balaban J connectivity index is 1.67. The molecule has 0 fully saturated rings. The van der Waals surface area contributed by atoms with Crippen LogP contribution in [-0.2, 0) is 18.3 Å². The molecule has 0 radical (unpaired) electrons. The van der Waals surface area contributed by atoms with E-state index in [9.17, 15) is 4.79 Å². The summed E-state index contributed by atoms with van der Waals surface area (Å²) in [6, 6.07) is 8.32. The summed E-state index contributed by atoms with van der Waals surface area (Å²) >= 11 is 1.73. The van der Waals surface area contributed by atoms with Gasteiger partial charge >= 0.3 is 0 Å². The molecule has 0 spiro atoms. The van der Waals surface area contributed by atoms with E-state index in [1.807, 2.05) is 6.07 Å². The van der Waals surface area contributed by atoms with Crippen LogP contribution in [0.25, 0.3) is 6.08 Å². The number of nitrogens with one attached hydrogen (secondary N) is 1. The number of aromatic nitrogens is 2. The number of benzene rings is 1. The Hall–Kier alpha value is -2.42. The van der Waals surface area contributed by atoms with Crippen molar-refractivity contribution in [1.29, 1.82) is 0 Å². The van der Waals surface area contributed by atoms with E-state index in [-0.39, 0.29) is 5.91 Å². The maximum atomic E-state index is 12.4. The summed E-state index contributed by atoms with van der Waals surface area (Å²) in [7, 11) is 17.4. The minimum atomic E-state index is 0.0753. The SMILES string of the molecule is Cc1cc(C=C2Sc3cc(NC(=O)CCC[N+](C)(C)C)ccc3N2C)nc(CCCC[N+](C)(C)C)[n+]1C. The van der Waals surface area contributed by atoms with Crippen molar-refractivity contribution in [3.63, 3.8) is 0 Å². The molecule has 1 aliphatic rings. The highest BCUT2D eigenvalue weighted by Crippen LogP contribution is 2.46. The third-order valence-electron chi connectivity index (χ3n) is 6.66. The first-order valence-electron chi connectivity index (χ1n) is 13.3. The van der Waals surface area contributed by atoms with E-state index < -0.39 is 0 Å². The predicted molar refractivity (Wildman–Crippen MR) is 155 cm³/mol. The molecule has 0 unspecified atom stereocenters. The topological polar surface area (TPSA) is 49.1 Å². The number of anilines is 2. The molecule has 0 atom stereocenters. The van der Waals surface area contributed by atoms with Crippen molar-refractivity contribution in [1.82, 2.24) is 4.98 Å². The first kappa shape index (κ1) is 29.1. The molecule has 202 valence electrons. The normalized spacial score (nSPS) is 14.8. The Bertz CT molecular complexity index is 1150. The van der Waals surface area contributed by atoms with Crippen LogP contribution in [0.15, 0.2) is 34.2 Å². The van der Waals surface area contributed by atoms with Gasteiger partial charge in [0, 0.05) is 42.6 Å². The second kappa shape index (κ2) is 12.0. The molecule has 1 amide bonds. The lowest BCUT2D eigenvalue weighted by atomic mass is 10.2. The molecule has 0 saturated carbocycles. The summed E-state index contributed by atoms with van der Waals surface area (Å²) in [4.78, 5) is 20.8. The molecular formula is C29H47N6OS+3. The van der Waals surface area contributed by atoms with Gasteiger partial charge in [-0.1, -0.05) is 11.8 Å². The number of quaternary nitrogens is 2. The molecule has 3 rings (SSSR count). The monoisotopic (exact) mass is 527 g/mol. The molecule has 1 aromatic heterocycles. The lowest BCUT2D eigenvalue weighted by Crippen LogP contribution is -2.39. The van der Waals surface area contributed by atoms with Gasteiger partial charge in [-0.25, -0.2) is 4.57 Å². The minimum absolute atomic E-state index is 0.0753. The molecule has 1 aliphatic heterocycles. The maximum absolute atomic E-state index is 12.4. The maximum Gasteiger partial charge on any atom is 0.299 e. The van der Waals surface area contributed by atoms with Crippen LogP contribution in [0.1, 0.15) is 42.9 Å². The lowest BCUT2D eigenvalue weighted by Gasteiger charge is -2.23. The van der Waals surface area contributed by atoms with Gasteiger partial charge in [-0.15, -0.1) is 0 Å². The summed E-state index contributed by atoms with van der Waals surface area (Å²) in [5, 5.41) is 4.22. The zero-order valence-corrected chi connectivity index (χ0v) is 25.2. The van der Waals surface area contributed by atoms with Crippen molar-refractivity contribution in [3.8, 4) is 0 Å². The number of carbonyl (C=O) groups excluding carboxylic acids is 1. The number of nitrogens with zero attached hydrogens (tertiary/aromatic N) is 5. The molecule has 0 saturated heterocycles. The van der Waals surface area contributed by atoms with Crippen molar-refractivity contribution in [3.05, 3.63) is 46.5 Å². The summed E-state index contributed by atoms with van der Waals surface area (Å²) in [5.41, 5.74) is 4.21. The predicted octanol–water partition coefficient (Wildman–Crippen LogP) is 4.21. The van der Waals surface area contributed by atoms with Crippen molar-refractivity contribution in [2.24, 2.45) is 7.05 Å². The third-order valence-corrected chi connectivity index (χ3v) is 7.81. The van der Waals surface area contributed by atoms with Gasteiger partial charge in [0.25, 0.3) is 5.82 Å². The van der Waals surface area contributed by atoms with Gasteiger partial charge in [0.15, 0.2) is 5.69 Å². The second-order valence-electron chi connectivity index (χ2n) is 12.3. The van der Waals surface area contributed by atoms with Crippen LogP contribution in [0.5, 0.6) is 0 Å². The Labute approximate surface area is 228 Å². The van der Waals surface area contributed by atoms with Gasteiger partial charge in [0.05, 0.1) is 79.6 Å². The molecule has 1 aromatic carbocycles. The molecule has 8 heteroatoms. The number of thioether (sulfide) groups is 1. The number of fused-ring (bicyclic) bond motifs is 1. The van der Waals surface area contributed by atoms with Crippen LogP contribution in [0.2, 0.25) is 0 Å². The number of hydrogen-bond acceptors (Lipinski definition) is 4. The molecule has 0 aliphatic carbocycles. The van der Waals surface area contributed by atoms with Crippen molar-refractivity contribution in [2.45, 2.75) is 43.9 Å². The first-order valence-corrected chi connectivity index (χ1v) is 14.1. The fourth-order valence-electron chi connectivity index (χ4n) is 4.38. The van der Waals surface area contributed by atoms with E-state index in [1.165, 1.54) is 18.7 Å². The van der Waals surface area contributed by atoms with Gasteiger partial charge in [0.1, 0.15) is 5.69 Å². The Morgan fingerprint density at radius 3 is 2.41 bits per heavy atom. The standard InChI is InChI=1S/C29H46N6OS/c1-22-19-24(30-27(32(22)2)13-10-11-17-34(4,5)6)21-29-33(3)25-16-15-23(20-26(25)37-29)31-28(36)14-12-18-35(7,8)9/h15-16,19-21H,10-14,17-18H2,1-9H3/q+2/p+1. The number of hydrogen-bond donors (Lipinski definition) is 1. The Morgan fingerprint density at radius 2 is 1.73 bits per heavy atom. The summed E-state index contributed by atoms with van der Waals surface area (Å²) in [5.74, 6) is 1.21. The van der Waals surface area contributed by atoms with E-state index in [0.29, 0.717) is 6.42 Å². The summed E-state index contributed by atoms with van der Waals surface area (Å²) < 4.78 is 4.08. The van der Waals surface area contributed by atoms with Crippen molar-refractivity contribution < 1.29 is 18.3 Å². The van der Waals surface area contributed by atoms with Crippen LogP contribution >= 0.6 is 11.8 Å². The lowest BCUT2D eigenvalue weighted by molar-refractivity contribution is -0.870. The van der Waals surface area contributed by atoms with Gasteiger partial charge in [-0.05, 0) is 42.9 Å². The zero-order valence-electron chi connectivity index (χ0n) is 24.4. The van der Waals surface area contributed by atoms with E-state index in [0.717, 1.165) is 67.6 Å². The molecule has 2 heterocycles. The van der Waals surface area contributed by atoms with Crippen LogP contribution in [-0.4, -0.2) is 82.3 Å². The van der Waals surface area contributed by atoms with Crippen LogP contribution in [0.4, 0.5) is 11.4 Å². The zero-order chi connectivity index (χ0) is 27.4. The fourth-order valence-corrected chi connectivity index (χ4v) is 5.51. The van der Waals surface area contributed by atoms with Crippen LogP contribution in [0, 0.1) is 6.92 Å². The molecular weight excluding hydrogens is 480 g/mol. The van der Waals surface area contributed by atoms with Crippen molar-refractivity contribution >= 4 is 35.1 Å². The Kier molecular flexibility index (Phi) is 9.42. The highest BCUT2D eigenvalue weighted by Gasteiger charge is 2.24. The van der Waals surface area contributed by atoms with Crippen LogP contribution < -0.4 is 14.8 Å². The van der Waals surface area contributed by atoms with Gasteiger partial charge in [-0.2, -0.15) is 0 Å². The van der Waals surface area contributed by atoms with E-state index in [2.05, 4.69) is 102 Å². The van der Waals surface area contributed by atoms with Gasteiger partial charge in [-0.3, -0.25) is 4.79 Å². The smallest absolute Gasteiger partial charge is 0.299 e. The van der Waals surface area contributed by atoms with E-state index >= 15 is 0 Å². The summed E-state index contributed by atoms with van der Waals surface area (Å²) in [6.45, 7) is 4.30. The number of amides is 1. The fraction of sp³-hybridized carbons (Fsp3) is 0.552. The molecule has 7 nitrogen and oxygen atoms in total. The average molecular weight is 528 g/mol. The van der Waals surface area contributed by atoms with E-state index in [4.69, 9.17) is 4.98 Å². The molecule has 1 N–H and O–H groups in total. The largest absolute Gasteiger partial charge is 0.338 e. The molecule has 2 aromatic rings. The highest BCUT2D eigenvalue weighted by molar-refractivity contribution is 8.03. The molecule has 37 heavy (non-hydrogen) atoms. The van der Waals surface area contributed by atoms with E-state index in [1.54, 1.807) is 11.8 Å². The number of unbranched alkanes of at least 4 members (excludes halogenated alkanes) is 1. The minimum Gasteiger partial charge on any atom is -0.338 e. The summed E-state index contributed by atoms with van der Waals surface area (Å²) in [6.07, 6.45) is 6.91. The quantitative estimate of drug-likeness (QED) is 0.270. The second-order valence-corrected chi connectivity index (χ2v) is 13.3. The number of aryl methyl sites for hydroxylation is 2. The molecule has 0 bridgehead atoms. The van der Waals surface area contributed by atoms with Crippen molar-refractivity contribution in [2.75, 3.05) is 72.6 Å². The van der Waals surface area contributed by atoms with Gasteiger partial charge in [0.2, 0.25) is 5.91 Å². The van der Waals surface area contributed by atoms with Gasteiger partial charge < -0.3 is 19.2 Å². The van der Waals surface area contributed by atoms with Crippen LogP contribution in [0.3, 0.4) is 0 Å². The average Bonchev–Trinajstić information content (AvgIpc) is 3.07. The number of rotatable bonds is 11. The third kappa shape index (κ3) is 8.83. The Morgan fingerprint density at radius 1 is 1.05 bits per heavy atom. The number of carbonyl (C=O) groups is 1.